The van der Waals surface area contributed by atoms with Gasteiger partial charge in [0.1, 0.15) is 11.2 Å². The lowest BCUT2D eigenvalue weighted by atomic mass is 9.81. The van der Waals surface area contributed by atoms with Crippen molar-refractivity contribution >= 4 is 32.7 Å². The zero-order valence-electron chi connectivity index (χ0n) is 31.1. The Kier molecular flexibility index (Phi) is 7.20. The Morgan fingerprint density at radius 2 is 1.02 bits per heavy atom. The van der Waals surface area contributed by atoms with Crippen LogP contribution in [0.2, 0.25) is 0 Å². The van der Waals surface area contributed by atoms with Crippen molar-refractivity contribution in [2.24, 2.45) is 0 Å². The second-order valence-electron chi connectivity index (χ2n) is 15.4. The van der Waals surface area contributed by atoms with E-state index in [0.29, 0.717) is 5.82 Å². The largest absolute Gasteiger partial charge is 0.456 e. The molecular weight excluding hydrogens is 681 g/mol. The summed E-state index contributed by atoms with van der Waals surface area (Å²) in [5, 5.41) is 4.81. The maximum absolute atomic E-state index is 6.24. The first-order valence-electron chi connectivity index (χ1n) is 19.2. The van der Waals surface area contributed by atoms with Crippen molar-refractivity contribution in [3.63, 3.8) is 0 Å². The molecule has 0 aliphatic heterocycles. The van der Waals surface area contributed by atoms with E-state index in [4.69, 9.17) is 14.4 Å². The third-order valence-electron chi connectivity index (χ3n) is 11.7. The molecule has 56 heavy (non-hydrogen) atoms. The lowest BCUT2D eigenvalue weighted by Crippen LogP contribution is -2.14. The van der Waals surface area contributed by atoms with E-state index in [9.17, 15) is 0 Å². The molecule has 0 amide bonds. The average molecular weight is 717 g/mol. The minimum Gasteiger partial charge on any atom is -0.456 e. The molecule has 3 nitrogen and oxygen atoms in total. The predicted octanol–water partition coefficient (Wildman–Crippen LogP) is 14.2. The lowest BCUT2D eigenvalue weighted by molar-refractivity contribution is 0.661. The lowest BCUT2D eigenvalue weighted by Gasteiger charge is -2.22. The highest BCUT2D eigenvalue weighted by molar-refractivity contribution is 6.06. The summed E-state index contributed by atoms with van der Waals surface area (Å²) in [7, 11) is 0. The Hall–Kier alpha value is -7.10. The van der Waals surface area contributed by atoms with Crippen LogP contribution in [0.5, 0.6) is 0 Å². The van der Waals surface area contributed by atoms with Gasteiger partial charge in [-0.15, -0.1) is 0 Å². The van der Waals surface area contributed by atoms with Crippen LogP contribution in [0.4, 0.5) is 0 Å². The second-order valence-corrected chi connectivity index (χ2v) is 15.4. The molecule has 2 aromatic heterocycles. The fraction of sp³-hybridized carbons (Fsp3) is 0.0566. The predicted molar refractivity (Wildman–Crippen MR) is 232 cm³/mol. The second kappa shape index (κ2) is 12.5. The number of para-hydroxylation sites is 1. The van der Waals surface area contributed by atoms with E-state index in [1.54, 1.807) is 0 Å². The van der Waals surface area contributed by atoms with E-state index < -0.39 is 0 Å². The summed E-state index contributed by atoms with van der Waals surface area (Å²) in [6.45, 7) is 4.71. The van der Waals surface area contributed by atoms with Gasteiger partial charge in [-0.25, -0.2) is 9.97 Å². The molecule has 2 heterocycles. The highest BCUT2D eigenvalue weighted by Crippen LogP contribution is 2.53. The molecule has 11 rings (SSSR count). The summed E-state index contributed by atoms with van der Waals surface area (Å²) in [6, 6.07) is 64.8. The number of aromatic nitrogens is 2. The van der Waals surface area contributed by atoms with Gasteiger partial charge in [-0.3, -0.25) is 0 Å². The van der Waals surface area contributed by atoms with E-state index in [1.807, 2.05) is 30.3 Å². The van der Waals surface area contributed by atoms with Gasteiger partial charge in [-0.1, -0.05) is 153 Å². The molecule has 1 aliphatic rings. The standard InChI is InChI=1S/C53H36N2O/c1-53(2)45-20-11-19-41(51(45)44-29-37-14-6-7-15-38(37)30-46(44)53)33-22-24-34(25-23-33)47-32-48(55-52(54-47)35-12-4-3-5-13-35)40-17-10-16-36(28-40)39-26-27-43-42-18-8-9-21-49(42)56-50(43)31-39/h3-32H,1-2H3. The van der Waals surface area contributed by atoms with Gasteiger partial charge in [0.15, 0.2) is 5.82 Å². The maximum Gasteiger partial charge on any atom is 0.160 e. The fourth-order valence-corrected chi connectivity index (χ4v) is 8.76. The Morgan fingerprint density at radius 3 is 1.86 bits per heavy atom. The first kappa shape index (κ1) is 32.3. The van der Waals surface area contributed by atoms with Crippen LogP contribution in [0.15, 0.2) is 186 Å². The molecule has 0 N–H and O–H groups in total. The van der Waals surface area contributed by atoms with Crippen molar-refractivity contribution in [1.82, 2.24) is 9.97 Å². The summed E-state index contributed by atoms with van der Waals surface area (Å²) < 4.78 is 6.24. The molecule has 0 spiro atoms. The van der Waals surface area contributed by atoms with Gasteiger partial charge in [-0.05, 0) is 97.7 Å². The average Bonchev–Trinajstić information content (AvgIpc) is 3.74. The highest BCUT2D eigenvalue weighted by atomic mass is 16.3. The number of benzene rings is 8. The van der Waals surface area contributed by atoms with E-state index in [-0.39, 0.29) is 5.41 Å². The normalized spacial score (nSPS) is 13.0. The monoisotopic (exact) mass is 716 g/mol. The number of hydrogen-bond acceptors (Lipinski definition) is 3. The molecule has 0 fully saturated rings. The van der Waals surface area contributed by atoms with Crippen LogP contribution in [0, 0.1) is 0 Å². The van der Waals surface area contributed by atoms with Gasteiger partial charge in [0.05, 0.1) is 11.4 Å². The Bertz CT molecular complexity index is 3150. The summed E-state index contributed by atoms with van der Waals surface area (Å²) in [4.78, 5) is 10.3. The molecule has 0 unspecified atom stereocenters. The maximum atomic E-state index is 6.24. The molecule has 3 heteroatoms. The number of rotatable bonds is 5. The summed E-state index contributed by atoms with van der Waals surface area (Å²) >= 11 is 0. The molecule has 0 atom stereocenters. The van der Waals surface area contributed by atoms with Gasteiger partial charge in [0.2, 0.25) is 0 Å². The van der Waals surface area contributed by atoms with Crippen LogP contribution in [0.25, 0.3) is 100.0 Å². The first-order chi connectivity index (χ1) is 27.5. The minimum absolute atomic E-state index is 0.0900. The summed E-state index contributed by atoms with van der Waals surface area (Å²) in [6.07, 6.45) is 0. The molecule has 8 aromatic carbocycles. The molecule has 0 saturated heterocycles. The summed E-state index contributed by atoms with van der Waals surface area (Å²) in [5.41, 5.74) is 16.6. The molecular formula is C53H36N2O. The Balaban J connectivity index is 0.994. The Labute approximate surface area is 325 Å². The van der Waals surface area contributed by atoms with Crippen LogP contribution >= 0.6 is 0 Å². The van der Waals surface area contributed by atoms with Gasteiger partial charge in [0.25, 0.3) is 0 Å². The van der Waals surface area contributed by atoms with Crippen molar-refractivity contribution in [1.29, 1.82) is 0 Å². The molecule has 0 radical (unpaired) electrons. The van der Waals surface area contributed by atoms with E-state index in [1.165, 1.54) is 44.2 Å². The SMILES string of the molecule is CC1(C)c2cc3ccccc3cc2-c2c(-c3ccc(-c4cc(-c5cccc(-c6ccc7c(c6)oc6ccccc67)c5)nc(-c5ccccc5)n4)cc3)cccc21. The quantitative estimate of drug-likeness (QED) is 0.178. The van der Waals surface area contributed by atoms with E-state index >= 15 is 0 Å². The molecule has 0 bridgehead atoms. The third-order valence-corrected chi connectivity index (χ3v) is 11.7. The molecule has 1 aliphatic carbocycles. The van der Waals surface area contributed by atoms with Crippen LogP contribution < -0.4 is 0 Å². The topological polar surface area (TPSA) is 38.9 Å². The van der Waals surface area contributed by atoms with Gasteiger partial charge < -0.3 is 4.42 Å². The van der Waals surface area contributed by atoms with Crippen LogP contribution in [-0.4, -0.2) is 9.97 Å². The number of hydrogen-bond donors (Lipinski definition) is 0. The van der Waals surface area contributed by atoms with Crippen LogP contribution in [0.1, 0.15) is 25.0 Å². The van der Waals surface area contributed by atoms with Gasteiger partial charge in [-0.2, -0.15) is 0 Å². The highest BCUT2D eigenvalue weighted by Gasteiger charge is 2.37. The van der Waals surface area contributed by atoms with Gasteiger partial charge in [0, 0.05) is 32.9 Å². The van der Waals surface area contributed by atoms with Crippen molar-refractivity contribution in [3.8, 4) is 67.3 Å². The number of furan rings is 1. The molecule has 10 aromatic rings. The number of fused-ring (bicyclic) bond motifs is 7. The van der Waals surface area contributed by atoms with E-state index in [0.717, 1.165) is 61.1 Å². The van der Waals surface area contributed by atoms with Crippen molar-refractivity contribution < 1.29 is 4.42 Å². The van der Waals surface area contributed by atoms with Crippen molar-refractivity contribution in [2.75, 3.05) is 0 Å². The fourth-order valence-electron chi connectivity index (χ4n) is 8.76. The van der Waals surface area contributed by atoms with Crippen molar-refractivity contribution in [2.45, 2.75) is 19.3 Å². The number of nitrogens with zero attached hydrogens (tertiary/aromatic N) is 2. The zero-order chi connectivity index (χ0) is 37.4. The molecule has 0 saturated carbocycles. The van der Waals surface area contributed by atoms with Crippen LogP contribution in [-0.2, 0) is 5.41 Å². The first-order valence-corrected chi connectivity index (χ1v) is 19.2. The van der Waals surface area contributed by atoms with Crippen molar-refractivity contribution in [3.05, 3.63) is 193 Å². The summed E-state index contributed by atoms with van der Waals surface area (Å²) in [5.74, 6) is 0.697. The van der Waals surface area contributed by atoms with Gasteiger partial charge >= 0.3 is 0 Å². The molecule has 264 valence electrons. The van der Waals surface area contributed by atoms with Crippen LogP contribution in [0.3, 0.4) is 0 Å². The Morgan fingerprint density at radius 1 is 0.393 bits per heavy atom. The third kappa shape index (κ3) is 5.20. The van der Waals surface area contributed by atoms with E-state index in [2.05, 4.69) is 166 Å². The smallest absolute Gasteiger partial charge is 0.160 e. The zero-order valence-corrected chi connectivity index (χ0v) is 31.1. The minimum atomic E-state index is -0.0900.